The van der Waals surface area contributed by atoms with Crippen LogP contribution in [0.2, 0.25) is 0 Å². The summed E-state index contributed by atoms with van der Waals surface area (Å²) in [4.78, 5) is 26.3. The molecule has 4 rings (SSSR count). The summed E-state index contributed by atoms with van der Waals surface area (Å²) in [6.45, 7) is 0. The molecule has 0 aliphatic carbocycles. The van der Waals surface area contributed by atoms with Crippen LogP contribution in [0.1, 0.15) is 23.6 Å². The zero-order valence-electron chi connectivity index (χ0n) is 15.9. The Balaban J connectivity index is 1.46. The molecule has 146 valence electrons. The van der Waals surface area contributed by atoms with Crippen molar-refractivity contribution in [3.8, 4) is 0 Å². The number of carbonyl (C=O) groups is 2. The number of hydrogen-bond donors (Lipinski definition) is 2. The quantitative estimate of drug-likeness (QED) is 0.634. The van der Waals surface area contributed by atoms with Crippen LogP contribution in [0.4, 0.5) is 5.69 Å². The standard InChI is InChI=1S/C24H22N2O2S/c27-23(16-22-24(28)26-19-13-7-8-14-21(19)29-22)25-20(18-11-5-2-6-12-18)15-17-9-3-1-4-10-17/h1-14,20,22H,15-16H2,(H,25,27)(H,26,28). The molecule has 4 nitrogen and oxygen atoms in total. The van der Waals surface area contributed by atoms with E-state index in [0.717, 1.165) is 21.7 Å². The van der Waals surface area contributed by atoms with E-state index < -0.39 is 5.25 Å². The Bertz CT molecular complexity index is 992. The molecule has 1 heterocycles. The summed E-state index contributed by atoms with van der Waals surface area (Å²) in [5, 5.41) is 5.61. The lowest BCUT2D eigenvalue weighted by atomic mass is 9.98. The lowest BCUT2D eigenvalue weighted by Crippen LogP contribution is -2.36. The van der Waals surface area contributed by atoms with Crippen LogP contribution in [-0.4, -0.2) is 17.1 Å². The van der Waals surface area contributed by atoms with Crippen molar-refractivity contribution in [2.45, 2.75) is 29.0 Å². The molecule has 1 aliphatic heterocycles. The predicted molar refractivity (Wildman–Crippen MR) is 117 cm³/mol. The van der Waals surface area contributed by atoms with E-state index in [4.69, 9.17) is 0 Å². The molecular formula is C24H22N2O2S. The van der Waals surface area contributed by atoms with Gasteiger partial charge in [0.2, 0.25) is 11.8 Å². The molecule has 0 fully saturated rings. The van der Waals surface area contributed by atoms with Crippen LogP contribution in [0, 0.1) is 0 Å². The second-order valence-corrected chi connectivity index (χ2v) is 8.26. The third kappa shape index (κ3) is 4.87. The minimum absolute atomic E-state index is 0.122. The van der Waals surface area contributed by atoms with Crippen molar-refractivity contribution in [1.29, 1.82) is 0 Å². The SMILES string of the molecule is O=C(CC1Sc2ccccc2NC1=O)NC(Cc1ccccc1)c1ccccc1. The maximum absolute atomic E-state index is 12.8. The van der Waals surface area contributed by atoms with Gasteiger partial charge in [0, 0.05) is 11.3 Å². The second-order valence-electron chi connectivity index (χ2n) is 7.02. The van der Waals surface area contributed by atoms with Gasteiger partial charge in [-0.3, -0.25) is 9.59 Å². The first-order valence-corrected chi connectivity index (χ1v) is 10.5. The molecule has 29 heavy (non-hydrogen) atoms. The van der Waals surface area contributed by atoms with E-state index in [9.17, 15) is 9.59 Å². The topological polar surface area (TPSA) is 58.2 Å². The third-order valence-corrected chi connectivity index (χ3v) is 6.17. The first kappa shape index (κ1) is 19.3. The zero-order valence-corrected chi connectivity index (χ0v) is 16.7. The van der Waals surface area contributed by atoms with E-state index in [1.165, 1.54) is 11.8 Å². The summed E-state index contributed by atoms with van der Waals surface area (Å²) >= 11 is 1.45. The molecule has 0 bridgehead atoms. The number of fused-ring (bicyclic) bond motifs is 1. The van der Waals surface area contributed by atoms with Gasteiger partial charge in [-0.05, 0) is 29.7 Å². The largest absolute Gasteiger partial charge is 0.349 e. The summed E-state index contributed by atoms with van der Waals surface area (Å²) < 4.78 is 0. The molecule has 0 spiro atoms. The van der Waals surface area contributed by atoms with Gasteiger partial charge in [0.1, 0.15) is 0 Å². The molecule has 3 aromatic carbocycles. The Kier molecular flexibility index (Phi) is 5.96. The Morgan fingerprint density at radius 1 is 0.931 bits per heavy atom. The number of anilines is 1. The average molecular weight is 403 g/mol. The number of hydrogen-bond acceptors (Lipinski definition) is 3. The van der Waals surface area contributed by atoms with Crippen molar-refractivity contribution < 1.29 is 9.59 Å². The van der Waals surface area contributed by atoms with Gasteiger partial charge < -0.3 is 10.6 Å². The van der Waals surface area contributed by atoms with Crippen LogP contribution in [0.3, 0.4) is 0 Å². The van der Waals surface area contributed by atoms with Crippen molar-refractivity contribution in [3.05, 3.63) is 96.1 Å². The Morgan fingerprint density at radius 2 is 1.59 bits per heavy atom. The molecule has 3 aromatic rings. The number of carbonyl (C=O) groups excluding carboxylic acids is 2. The minimum atomic E-state index is -0.432. The highest BCUT2D eigenvalue weighted by molar-refractivity contribution is 8.01. The van der Waals surface area contributed by atoms with E-state index in [2.05, 4.69) is 22.8 Å². The monoisotopic (exact) mass is 402 g/mol. The van der Waals surface area contributed by atoms with E-state index in [1.807, 2.05) is 72.8 Å². The van der Waals surface area contributed by atoms with Gasteiger partial charge in [-0.1, -0.05) is 72.8 Å². The van der Waals surface area contributed by atoms with Gasteiger partial charge in [0.05, 0.1) is 17.0 Å². The summed E-state index contributed by atoms with van der Waals surface area (Å²) in [5.74, 6) is -0.245. The molecule has 0 radical (unpaired) electrons. The van der Waals surface area contributed by atoms with E-state index in [0.29, 0.717) is 6.42 Å². The maximum Gasteiger partial charge on any atom is 0.238 e. The zero-order chi connectivity index (χ0) is 20.1. The molecular weight excluding hydrogens is 380 g/mol. The van der Waals surface area contributed by atoms with E-state index >= 15 is 0 Å². The van der Waals surface area contributed by atoms with Crippen molar-refractivity contribution in [3.63, 3.8) is 0 Å². The fraction of sp³-hybridized carbons (Fsp3) is 0.167. The minimum Gasteiger partial charge on any atom is -0.349 e. The van der Waals surface area contributed by atoms with Crippen LogP contribution in [-0.2, 0) is 16.0 Å². The normalized spacial score (nSPS) is 16.4. The van der Waals surface area contributed by atoms with Gasteiger partial charge in [0.15, 0.2) is 0 Å². The van der Waals surface area contributed by atoms with Gasteiger partial charge in [-0.25, -0.2) is 0 Å². The summed E-state index contributed by atoms with van der Waals surface area (Å²) in [6.07, 6.45) is 0.840. The van der Waals surface area contributed by atoms with Crippen LogP contribution < -0.4 is 10.6 Å². The maximum atomic E-state index is 12.8. The molecule has 0 saturated heterocycles. The summed E-state index contributed by atoms with van der Waals surface area (Å²) in [7, 11) is 0. The molecule has 5 heteroatoms. The number of nitrogens with one attached hydrogen (secondary N) is 2. The van der Waals surface area contributed by atoms with Crippen molar-refractivity contribution in [2.24, 2.45) is 0 Å². The van der Waals surface area contributed by atoms with Crippen molar-refractivity contribution >= 4 is 29.3 Å². The second kappa shape index (κ2) is 8.97. The molecule has 2 atom stereocenters. The molecule has 0 aromatic heterocycles. The third-order valence-electron chi connectivity index (χ3n) is 4.90. The highest BCUT2D eigenvalue weighted by Crippen LogP contribution is 2.36. The van der Waals surface area contributed by atoms with Gasteiger partial charge in [-0.15, -0.1) is 11.8 Å². The van der Waals surface area contributed by atoms with Gasteiger partial charge in [0.25, 0.3) is 0 Å². The number of benzene rings is 3. The molecule has 2 unspecified atom stereocenters. The lowest BCUT2D eigenvalue weighted by molar-refractivity contribution is -0.124. The molecule has 2 amide bonds. The van der Waals surface area contributed by atoms with Crippen LogP contribution >= 0.6 is 11.8 Å². The first-order valence-electron chi connectivity index (χ1n) is 9.64. The smallest absolute Gasteiger partial charge is 0.238 e. The number of rotatable bonds is 6. The molecule has 1 aliphatic rings. The van der Waals surface area contributed by atoms with Crippen LogP contribution in [0.25, 0.3) is 0 Å². The molecule has 0 saturated carbocycles. The number of amides is 2. The highest BCUT2D eigenvalue weighted by atomic mass is 32.2. The Hall–Kier alpha value is -3.05. The fourth-order valence-corrected chi connectivity index (χ4v) is 4.55. The number of para-hydroxylation sites is 1. The van der Waals surface area contributed by atoms with Crippen LogP contribution in [0.5, 0.6) is 0 Å². The fourth-order valence-electron chi connectivity index (χ4n) is 3.44. The Morgan fingerprint density at radius 3 is 2.34 bits per heavy atom. The average Bonchev–Trinajstić information content (AvgIpc) is 2.75. The van der Waals surface area contributed by atoms with Crippen LogP contribution in [0.15, 0.2) is 89.8 Å². The van der Waals surface area contributed by atoms with E-state index in [1.54, 1.807) is 0 Å². The lowest BCUT2D eigenvalue weighted by Gasteiger charge is -2.25. The number of thioether (sulfide) groups is 1. The summed E-state index contributed by atoms with van der Waals surface area (Å²) in [5.41, 5.74) is 3.02. The summed E-state index contributed by atoms with van der Waals surface area (Å²) in [6, 6.07) is 27.6. The first-order chi connectivity index (χ1) is 14.2. The van der Waals surface area contributed by atoms with Gasteiger partial charge in [-0.2, -0.15) is 0 Å². The Labute approximate surface area is 174 Å². The van der Waals surface area contributed by atoms with Crippen molar-refractivity contribution in [1.82, 2.24) is 5.32 Å². The van der Waals surface area contributed by atoms with E-state index in [-0.39, 0.29) is 24.3 Å². The highest BCUT2D eigenvalue weighted by Gasteiger charge is 2.29. The van der Waals surface area contributed by atoms with Gasteiger partial charge >= 0.3 is 0 Å². The predicted octanol–water partition coefficient (Wildman–Crippen LogP) is 4.59. The van der Waals surface area contributed by atoms with Crippen molar-refractivity contribution in [2.75, 3.05) is 5.32 Å². The molecule has 2 N–H and O–H groups in total.